The Morgan fingerprint density at radius 1 is 0.806 bits per heavy atom. The highest BCUT2D eigenvalue weighted by Gasteiger charge is 2.26. The number of carbonyl (C=O) groups is 1. The fraction of sp³-hybridized carbons (Fsp3) is 0.348. The van der Waals surface area contributed by atoms with Crippen LogP contribution in [0.1, 0.15) is 15.9 Å². The molecule has 8 heteroatoms. The molecule has 0 unspecified atom stereocenters. The van der Waals surface area contributed by atoms with Gasteiger partial charge in [0.1, 0.15) is 0 Å². The normalized spacial score (nSPS) is 18.4. The van der Waals surface area contributed by atoms with Gasteiger partial charge in [-0.15, -0.1) is 0 Å². The van der Waals surface area contributed by atoms with Crippen LogP contribution >= 0.6 is 0 Å². The quantitative estimate of drug-likeness (QED) is 0.505. The van der Waals surface area contributed by atoms with E-state index in [2.05, 4.69) is 4.90 Å². The average Bonchev–Trinajstić information content (AvgIpc) is 2.84. The zero-order valence-corrected chi connectivity index (χ0v) is 18.1. The average molecular weight is 443 g/mol. The van der Waals surface area contributed by atoms with Crippen LogP contribution in [0.4, 0.5) is 5.69 Å². The second-order valence-electron chi connectivity index (χ2n) is 7.43. The number of ketones is 1. The van der Waals surface area contributed by atoms with Crippen molar-refractivity contribution in [1.29, 1.82) is 0 Å². The highest BCUT2D eigenvalue weighted by molar-refractivity contribution is 7.89. The van der Waals surface area contributed by atoms with Gasteiger partial charge in [-0.05, 0) is 48.0 Å². The summed E-state index contributed by atoms with van der Waals surface area (Å²) in [5.74, 6) is -0.174. The highest BCUT2D eigenvalue weighted by Crippen LogP contribution is 2.19. The highest BCUT2D eigenvalue weighted by atomic mass is 32.2. The third-order valence-electron chi connectivity index (χ3n) is 5.44. The molecule has 0 radical (unpaired) electrons. The lowest BCUT2D eigenvalue weighted by Crippen LogP contribution is -2.40. The van der Waals surface area contributed by atoms with E-state index in [-0.39, 0.29) is 10.7 Å². The van der Waals surface area contributed by atoms with Crippen molar-refractivity contribution >= 4 is 27.6 Å². The van der Waals surface area contributed by atoms with E-state index < -0.39 is 10.0 Å². The number of nitrogens with zero attached hydrogens (tertiary/aromatic N) is 2. The van der Waals surface area contributed by atoms with Gasteiger partial charge in [-0.2, -0.15) is 4.31 Å². The van der Waals surface area contributed by atoms with E-state index in [0.717, 1.165) is 37.6 Å². The Bertz CT molecular complexity index is 1020. The summed E-state index contributed by atoms with van der Waals surface area (Å²) in [4.78, 5) is 15.0. The summed E-state index contributed by atoms with van der Waals surface area (Å²) in [5.41, 5.74) is 2.52. The fourth-order valence-corrected chi connectivity index (χ4v) is 5.02. The Labute approximate surface area is 182 Å². The molecular formula is C23H26N2O5S. The van der Waals surface area contributed by atoms with Crippen LogP contribution < -0.4 is 4.90 Å². The van der Waals surface area contributed by atoms with Gasteiger partial charge in [-0.1, -0.05) is 18.2 Å². The lowest BCUT2D eigenvalue weighted by atomic mass is 10.1. The van der Waals surface area contributed by atoms with Crippen LogP contribution in [-0.4, -0.2) is 71.1 Å². The summed E-state index contributed by atoms with van der Waals surface area (Å²) < 4.78 is 37.4. The van der Waals surface area contributed by atoms with Crippen LogP contribution in [0.3, 0.4) is 0 Å². The summed E-state index contributed by atoms with van der Waals surface area (Å²) in [6.45, 7) is 4.72. The summed E-state index contributed by atoms with van der Waals surface area (Å²) in [6.07, 6.45) is 3.28. The minimum absolute atomic E-state index is 0.174. The Balaban J connectivity index is 1.39. The number of hydrogen-bond donors (Lipinski definition) is 0. The van der Waals surface area contributed by atoms with Crippen LogP contribution in [0.2, 0.25) is 0 Å². The number of anilines is 1. The number of sulfonamides is 1. The Morgan fingerprint density at radius 2 is 1.39 bits per heavy atom. The SMILES string of the molecule is O=C(/C=C/c1ccc(N2CCOCC2)cc1)c1ccc(S(=O)(=O)N2CCOCC2)cc1. The van der Waals surface area contributed by atoms with Crippen molar-refractivity contribution in [2.75, 3.05) is 57.5 Å². The van der Waals surface area contributed by atoms with Crippen molar-refractivity contribution in [3.63, 3.8) is 0 Å². The third-order valence-corrected chi connectivity index (χ3v) is 7.36. The van der Waals surface area contributed by atoms with Gasteiger partial charge < -0.3 is 14.4 Å². The molecule has 2 heterocycles. The van der Waals surface area contributed by atoms with E-state index >= 15 is 0 Å². The summed E-state index contributed by atoms with van der Waals surface area (Å²) in [7, 11) is -3.56. The number of hydrogen-bond acceptors (Lipinski definition) is 6. The van der Waals surface area contributed by atoms with Gasteiger partial charge in [0.05, 0.1) is 31.3 Å². The molecule has 2 saturated heterocycles. The van der Waals surface area contributed by atoms with Crippen LogP contribution in [0.25, 0.3) is 6.08 Å². The maximum Gasteiger partial charge on any atom is 0.243 e. The zero-order valence-electron chi connectivity index (χ0n) is 17.3. The van der Waals surface area contributed by atoms with Crippen LogP contribution in [0.5, 0.6) is 0 Å². The minimum Gasteiger partial charge on any atom is -0.379 e. The minimum atomic E-state index is -3.56. The molecule has 2 fully saturated rings. The van der Waals surface area contributed by atoms with Gasteiger partial charge in [0.2, 0.25) is 10.0 Å². The topological polar surface area (TPSA) is 76.2 Å². The maximum absolute atomic E-state index is 12.7. The molecule has 0 aromatic heterocycles. The van der Waals surface area contributed by atoms with Crippen molar-refractivity contribution in [2.24, 2.45) is 0 Å². The Hall–Kier alpha value is -2.52. The molecule has 4 rings (SSSR count). The molecule has 0 N–H and O–H groups in total. The zero-order chi connectivity index (χ0) is 21.7. The monoisotopic (exact) mass is 442 g/mol. The summed E-state index contributed by atoms with van der Waals surface area (Å²) in [5, 5.41) is 0. The molecule has 0 atom stereocenters. The van der Waals surface area contributed by atoms with E-state index in [1.54, 1.807) is 18.2 Å². The molecule has 0 bridgehead atoms. The Morgan fingerprint density at radius 3 is 2.00 bits per heavy atom. The molecule has 31 heavy (non-hydrogen) atoms. The molecule has 2 aliphatic heterocycles. The van der Waals surface area contributed by atoms with Gasteiger partial charge in [0, 0.05) is 37.4 Å². The second-order valence-corrected chi connectivity index (χ2v) is 9.37. The van der Waals surface area contributed by atoms with Crippen molar-refractivity contribution in [1.82, 2.24) is 4.31 Å². The third kappa shape index (κ3) is 5.22. The van der Waals surface area contributed by atoms with E-state index in [1.807, 2.05) is 24.3 Å². The van der Waals surface area contributed by atoms with E-state index in [9.17, 15) is 13.2 Å². The summed E-state index contributed by atoms with van der Waals surface area (Å²) in [6, 6.07) is 14.1. The molecular weight excluding hydrogens is 416 g/mol. The first kappa shape index (κ1) is 21.7. The summed E-state index contributed by atoms with van der Waals surface area (Å²) >= 11 is 0. The van der Waals surface area contributed by atoms with Crippen molar-refractivity contribution < 1.29 is 22.7 Å². The molecule has 2 aromatic rings. The number of morpholine rings is 2. The predicted molar refractivity (Wildman–Crippen MR) is 119 cm³/mol. The van der Waals surface area contributed by atoms with Gasteiger partial charge in [-0.25, -0.2) is 8.42 Å². The first-order valence-electron chi connectivity index (χ1n) is 10.4. The van der Waals surface area contributed by atoms with Crippen LogP contribution in [0.15, 0.2) is 59.5 Å². The van der Waals surface area contributed by atoms with Crippen LogP contribution in [0, 0.1) is 0 Å². The van der Waals surface area contributed by atoms with Gasteiger partial charge >= 0.3 is 0 Å². The molecule has 164 valence electrons. The molecule has 2 aliphatic rings. The number of benzene rings is 2. The van der Waals surface area contributed by atoms with Gasteiger partial charge in [0.25, 0.3) is 0 Å². The van der Waals surface area contributed by atoms with Crippen molar-refractivity contribution in [3.8, 4) is 0 Å². The first-order valence-corrected chi connectivity index (χ1v) is 11.8. The predicted octanol–water partition coefficient (Wildman–Crippen LogP) is 2.44. The largest absolute Gasteiger partial charge is 0.379 e. The van der Waals surface area contributed by atoms with Gasteiger partial charge in [-0.3, -0.25) is 4.79 Å². The number of allylic oxidation sites excluding steroid dienone is 1. The molecule has 0 spiro atoms. The molecule has 7 nitrogen and oxygen atoms in total. The number of rotatable bonds is 6. The lowest BCUT2D eigenvalue weighted by Gasteiger charge is -2.28. The van der Waals surface area contributed by atoms with Crippen LogP contribution in [-0.2, 0) is 19.5 Å². The second kappa shape index (κ2) is 9.74. The number of ether oxygens (including phenoxy) is 2. The smallest absolute Gasteiger partial charge is 0.243 e. The molecule has 2 aromatic carbocycles. The van der Waals surface area contributed by atoms with Gasteiger partial charge in [0.15, 0.2) is 5.78 Å². The maximum atomic E-state index is 12.7. The standard InChI is InChI=1S/C23H26N2O5S/c26-23(10-3-19-1-6-21(7-2-19)24-11-15-29-16-12-24)20-4-8-22(9-5-20)31(27,28)25-13-17-30-18-14-25/h1-10H,11-18H2/b10-3+. The van der Waals surface area contributed by atoms with Crippen molar-refractivity contribution in [3.05, 3.63) is 65.7 Å². The first-order chi connectivity index (χ1) is 15.0. The molecule has 0 amide bonds. The van der Waals surface area contributed by atoms with E-state index in [0.29, 0.717) is 31.9 Å². The van der Waals surface area contributed by atoms with Crippen molar-refractivity contribution in [2.45, 2.75) is 4.90 Å². The van der Waals surface area contributed by atoms with E-state index in [4.69, 9.17) is 9.47 Å². The fourth-order valence-electron chi connectivity index (χ4n) is 3.61. The molecule has 0 aliphatic carbocycles. The Kier molecular flexibility index (Phi) is 6.82. The number of carbonyl (C=O) groups excluding carboxylic acids is 1. The molecule has 0 saturated carbocycles. The lowest BCUT2D eigenvalue weighted by molar-refractivity contribution is 0.0730. The van der Waals surface area contributed by atoms with E-state index in [1.165, 1.54) is 22.5 Å².